The summed E-state index contributed by atoms with van der Waals surface area (Å²) < 4.78 is 6.71. The van der Waals surface area contributed by atoms with E-state index in [1.165, 1.54) is 22.9 Å². The van der Waals surface area contributed by atoms with E-state index in [2.05, 4.69) is 20.6 Å². The number of amides is 1. The molecule has 0 aliphatic heterocycles. The van der Waals surface area contributed by atoms with Gasteiger partial charge in [-0.25, -0.2) is 4.68 Å². The predicted octanol–water partition coefficient (Wildman–Crippen LogP) is 3.39. The number of benzene rings is 1. The fourth-order valence-corrected chi connectivity index (χ4v) is 2.71. The van der Waals surface area contributed by atoms with Gasteiger partial charge in [-0.05, 0) is 31.2 Å². The fourth-order valence-electron chi connectivity index (χ4n) is 2.71. The Hall–Kier alpha value is -4.34. The van der Waals surface area contributed by atoms with Crippen LogP contribution in [-0.4, -0.2) is 30.8 Å². The Morgan fingerprint density at radius 1 is 1.21 bits per heavy atom. The third-order valence-corrected chi connectivity index (χ3v) is 4.07. The molecule has 0 saturated carbocycles. The van der Waals surface area contributed by atoms with Crippen molar-refractivity contribution in [3.05, 3.63) is 82.4 Å². The highest BCUT2D eigenvalue weighted by Gasteiger charge is 2.17. The molecule has 10 heteroatoms. The molecule has 4 rings (SSSR count). The van der Waals surface area contributed by atoms with E-state index in [1.807, 2.05) is 0 Å². The number of non-ortho nitro benzene ring substituents is 1. The van der Waals surface area contributed by atoms with Crippen LogP contribution < -0.4 is 5.32 Å². The van der Waals surface area contributed by atoms with Crippen LogP contribution in [0.15, 0.2) is 65.4 Å². The van der Waals surface area contributed by atoms with Gasteiger partial charge in [0.2, 0.25) is 0 Å². The molecule has 10 nitrogen and oxygen atoms in total. The summed E-state index contributed by atoms with van der Waals surface area (Å²) >= 11 is 0. The number of hydrogen-bond acceptors (Lipinski definition) is 7. The van der Waals surface area contributed by atoms with E-state index in [0.29, 0.717) is 28.5 Å². The maximum atomic E-state index is 12.6. The van der Waals surface area contributed by atoms with Crippen LogP contribution in [0.4, 0.5) is 11.5 Å². The molecule has 0 spiro atoms. The van der Waals surface area contributed by atoms with Crippen molar-refractivity contribution >= 4 is 17.4 Å². The van der Waals surface area contributed by atoms with Gasteiger partial charge in [-0.15, -0.1) is 0 Å². The summed E-state index contributed by atoms with van der Waals surface area (Å²) in [6.07, 6.45) is 3.24. The molecule has 0 aliphatic carbocycles. The van der Waals surface area contributed by atoms with Crippen molar-refractivity contribution in [2.45, 2.75) is 6.92 Å². The number of carbonyl (C=O) groups is 1. The monoisotopic (exact) mass is 390 g/mol. The van der Waals surface area contributed by atoms with Gasteiger partial charge < -0.3 is 9.84 Å². The number of pyridine rings is 1. The zero-order valence-electron chi connectivity index (χ0n) is 15.1. The number of aryl methyl sites for hydroxylation is 1. The summed E-state index contributed by atoms with van der Waals surface area (Å²) in [5, 5.41) is 21.7. The minimum absolute atomic E-state index is 0.0336. The SMILES string of the molecule is Cc1cc(NC(=O)c2cc(-c3cccnc3)on2)n(-c2ccc([N+](=O)[O-])cc2)n1. The predicted molar refractivity (Wildman–Crippen MR) is 103 cm³/mol. The largest absolute Gasteiger partial charge is 0.355 e. The molecule has 29 heavy (non-hydrogen) atoms. The molecular formula is C19H14N6O4. The average Bonchev–Trinajstić information content (AvgIpc) is 3.36. The molecule has 0 unspecified atom stereocenters. The highest BCUT2D eigenvalue weighted by Crippen LogP contribution is 2.22. The number of nitro groups is 1. The van der Waals surface area contributed by atoms with Gasteiger partial charge >= 0.3 is 0 Å². The molecule has 0 atom stereocenters. The van der Waals surface area contributed by atoms with Crippen molar-refractivity contribution in [2.75, 3.05) is 5.32 Å². The molecule has 1 amide bonds. The van der Waals surface area contributed by atoms with Crippen molar-refractivity contribution in [3.8, 4) is 17.0 Å². The number of carbonyl (C=O) groups excluding carboxylic acids is 1. The molecule has 0 radical (unpaired) electrons. The second-order valence-electron chi connectivity index (χ2n) is 6.13. The molecule has 3 aromatic heterocycles. The lowest BCUT2D eigenvalue weighted by Crippen LogP contribution is -2.15. The van der Waals surface area contributed by atoms with Gasteiger partial charge in [-0.3, -0.25) is 19.9 Å². The summed E-state index contributed by atoms with van der Waals surface area (Å²) in [7, 11) is 0. The van der Waals surface area contributed by atoms with E-state index in [9.17, 15) is 14.9 Å². The van der Waals surface area contributed by atoms with Crippen molar-refractivity contribution in [3.63, 3.8) is 0 Å². The molecule has 4 aromatic rings. The van der Waals surface area contributed by atoms with Crippen molar-refractivity contribution in [1.82, 2.24) is 19.9 Å². The van der Waals surface area contributed by atoms with Gasteiger partial charge in [0.25, 0.3) is 11.6 Å². The van der Waals surface area contributed by atoms with Crippen molar-refractivity contribution in [2.24, 2.45) is 0 Å². The molecule has 1 N–H and O–H groups in total. The quantitative estimate of drug-likeness (QED) is 0.408. The summed E-state index contributed by atoms with van der Waals surface area (Å²) in [6.45, 7) is 1.77. The minimum Gasteiger partial charge on any atom is -0.355 e. The molecule has 0 bridgehead atoms. The Bertz CT molecular complexity index is 1180. The Morgan fingerprint density at radius 3 is 2.69 bits per heavy atom. The zero-order valence-corrected chi connectivity index (χ0v) is 15.1. The molecule has 3 heterocycles. The third-order valence-electron chi connectivity index (χ3n) is 4.07. The number of hydrogen-bond donors (Lipinski definition) is 1. The van der Waals surface area contributed by atoms with Gasteiger partial charge in [-0.2, -0.15) is 5.10 Å². The number of aromatic nitrogens is 4. The van der Waals surface area contributed by atoms with E-state index < -0.39 is 10.8 Å². The third kappa shape index (κ3) is 3.72. The first kappa shape index (κ1) is 18.0. The second-order valence-corrected chi connectivity index (χ2v) is 6.13. The highest BCUT2D eigenvalue weighted by atomic mass is 16.6. The van der Waals surface area contributed by atoms with Gasteiger partial charge in [0.05, 0.1) is 16.3 Å². The maximum Gasteiger partial charge on any atom is 0.279 e. The number of nitrogens with one attached hydrogen (secondary N) is 1. The maximum absolute atomic E-state index is 12.6. The Balaban J connectivity index is 1.58. The van der Waals surface area contributed by atoms with Crippen LogP contribution in [0.25, 0.3) is 17.0 Å². The van der Waals surface area contributed by atoms with Crippen LogP contribution >= 0.6 is 0 Å². The van der Waals surface area contributed by atoms with Crippen LogP contribution in [0.2, 0.25) is 0 Å². The molecule has 0 aliphatic rings. The summed E-state index contributed by atoms with van der Waals surface area (Å²) in [5.41, 5.74) is 1.99. The van der Waals surface area contributed by atoms with E-state index in [4.69, 9.17) is 4.52 Å². The van der Waals surface area contributed by atoms with Gasteiger partial charge in [0, 0.05) is 42.2 Å². The van der Waals surface area contributed by atoms with E-state index in [0.717, 1.165) is 0 Å². The normalized spacial score (nSPS) is 10.7. The average molecular weight is 390 g/mol. The van der Waals surface area contributed by atoms with E-state index in [1.54, 1.807) is 49.6 Å². The van der Waals surface area contributed by atoms with E-state index in [-0.39, 0.29) is 11.4 Å². The van der Waals surface area contributed by atoms with Crippen molar-refractivity contribution in [1.29, 1.82) is 0 Å². The minimum atomic E-state index is -0.481. The number of rotatable bonds is 5. The second kappa shape index (κ2) is 7.35. The first-order valence-corrected chi connectivity index (χ1v) is 8.51. The number of nitro benzene ring substituents is 1. The van der Waals surface area contributed by atoms with Crippen molar-refractivity contribution < 1.29 is 14.2 Å². The lowest BCUT2D eigenvalue weighted by Gasteiger charge is -2.07. The van der Waals surface area contributed by atoms with Crippen LogP contribution in [-0.2, 0) is 0 Å². The first-order chi connectivity index (χ1) is 14.0. The van der Waals surface area contributed by atoms with Gasteiger partial charge in [0.15, 0.2) is 11.5 Å². The van der Waals surface area contributed by atoms with Crippen LogP contribution in [0.3, 0.4) is 0 Å². The topological polar surface area (TPSA) is 129 Å². The molecule has 0 saturated heterocycles. The molecular weight excluding hydrogens is 376 g/mol. The first-order valence-electron chi connectivity index (χ1n) is 8.51. The lowest BCUT2D eigenvalue weighted by atomic mass is 10.2. The Labute approximate surface area is 163 Å². The lowest BCUT2D eigenvalue weighted by molar-refractivity contribution is -0.384. The number of nitrogens with zero attached hydrogens (tertiary/aromatic N) is 5. The summed E-state index contributed by atoms with van der Waals surface area (Å²) in [4.78, 5) is 27.0. The standard InChI is InChI=1S/C19H14N6O4/c1-12-9-18(24(22-12)14-4-6-15(7-5-14)25(27)28)21-19(26)16-10-17(29-23-16)13-3-2-8-20-11-13/h2-11H,1H3,(H,21,26). The number of anilines is 1. The van der Waals surface area contributed by atoms with Gasteiger partial charge in [0.1, 0.15) is 5.82 Å². The zero-order chi connectivity index (χ0) is 20.4. The van der Waals surface area contributed by atoms with E-state index >= 15 is 0 Å². The molecule has 0 fully saturated rings. The van der Waals surface area contributed by atoms with Crippen LogP contribution in [0.5, 0.6) is 0 Å². The summed E-state index contributed by atoms with van der Waals surface area (Å²) in [5.74, 6) is 0.336. The fraction of sp³-hybridized carbons (Fsp3) is 0.0526. The highest BCUT2D eigenvalue weighted by molar-refractivity contribution is 6.03. The van der Waals surface area contributed by atoms with Crippen LogP contribution in [0.1, 0.15) is 16.2 Å². The Morgan fingerprint density at radius 2 is 2.00 bits per heavy atom. The molecule has 144 valence electrons. The summed E-state index contributed by atoms with van der Waals surface area (Å²) in [6, 6.07) is 12.6. The Kier molecular flexibility index (Phi) is 4.57. The smallest absolute Gasteiger partial charge is 0.279 e. The van der Waals surface area contributed by atoms with Gasteiger partial charge in [-0.1, -0.05) is 5.16 Å². The molecule has 1 aromatic carbocycles. The van der Waals surface area contributed by atoms with Crippen LogP contribution in [0, 0.1) is 17.0 Å².